The van der Waals surface area contributed by atoms with Crippen LogP contribution in [0, 0.1) is 0 Å². The van der Waals surface area contributed by atoms with E-state index in [0.717, 1.165) is 80.6 Å². The predicted octanol–water partition coefficient (Wildman–Crippen LogP) is 23.8. The van der Waals surface area contributed by atoms with Gasteiger partial charge in [0.05, 0.1) is 27.6 Å². The van der Waals surface area contributed by atoms with E-state index in [4.69, 9.17) is 15.0 Å². The lowest BCUT2D eigenvalue weighted by molar-refractivity contribution is 0.825. The van der Waals surface area contributed by atoms with Gasteiger partial charge in [0.15, 0.2) is 17.5 Å². The highest BCUT2D eigenvalue weighted by Crippen LogP contribution is 2.44. The Labute approximate surface area is 574 Å². The first-order valence-corrected chi connectivity index (χ1v) is 34.3. The van der Waals surface area contributed by atoms with Crippen LogP contribution in [-0.2, 0) is 6.42 Å². The van der Waals surface area contributed by atoms with Crippen LogP contribution in [0.5, 0.6) is 0 Å². The summed E-state index contributed by atoms with van der Waals surface area (Å²) in [6, 6.07) is 115. The number of aromatic nitrogens is 6. The second-order valence-corrected chi connectivity index (χ2v) is 26.2. The summed E-state index contributed by atoms with van der Waals surface area (Å²) in [5, 5.41) is 6.02. The van der Waals surface area contributed by atoms with Gasteiger partial charge in [-0.1, -0.05) is 243 Å². The molecule has 1 unspecified atom stereocenters. The van der Waals surface area contributed by atoms with Crippen molar-refractivity contribution in [3.63, 3.8) is 0 Å². The molecule has 0 radical (unpaired) electrons. The molecule has 17 aromatic rings. The molecule has 0 amide bonds. The van der Waals surface area contributed by atoms with Gasteiger partial charge in [-0.2, -0.15) is 0 Å². The average Bonchev–Trinajstić information content (AvgIpc) is 1.61. The second kappa shape index (κ2) is 24.2. The minimum Gasteiger partial charge on any atom is -0.310 e. The maximum Gasteiger partial charge on any atom is 0.164 e. The van der Waals surface area contributed by atoms with Crippen LogP contribution in [0.2, 0.25) is 0 Å². The van der Waals surface area contributed by atoms with E-state index in [1.807, 2.05) is 0 Å². The highest BCUT2D eigenvalue weighted by molar-refractivity contribution is 6.13. The van der Waals surface area contributed by atoms with Gasteiger partial charge in [-0.05, 0) is 189 Å². The molecule has 4 aromatic heterocycles. The standard InChI is InChI=1S/C93H64N6/c1-7-22-61(23-8-1)67-40-46-85-79(55-67)80-56-68(62-24-9-2-10-25-62)41-47-86(80)97(85)76-37-19-34-73(52-76)91-94-92(74-35-20-38-77(53-74)98-87-48-42-69(63-26-11-3-12-27-63)57-81(87)82-58-70(43-49-88(82)98)64-28-13-4-14-29-64)96-93(95-91)75-36-21-39-78(54-75)99-89-50-44-71(65-30-15-5-16-31-65)59-83(89)84-60-72(45-51-90(84)99)66-32-17-6-18-33-66/h1-17,19-32,34-57,59-60,70H,18,33,58H2. The molecule has 0 N–H and O–H groups in total. The van der Waals surface area contributed by atoms with E-state index in [1.165, 1.54) is 99.4 Å². The van der Waals surface area contributed by atoms with Crippen molar-refractivity contribution >= 4 is 66.2 Å². The summed E-state index contributed by atoms with van der Waals surface area (Å²) >= 11 is 0. The third-order valence-electron chi connectivity index (χ3n) is 20.3. The summed E-state index contributed by atoms with van der Waals surface area (Å²) < 4.78 is 7.25. The molecule has 6 heteroatoms. The zero-order valence-electron chi connectivity index (χ0n) is 54.3. The molecule has 466 valence electrons. The number of hydrogen-bond donors (Lipinski definition) is 0. The largest absolute Gasteiger partial charge is 0.310 e. The van der Waals surface area contributed by atoms with Gasteiger partial charge < -0.3 is 13.7 Å². The van der Waals surface area contributed by atoms with Crippen LogP contribution in [0.25, 0.3) is 162 Å². The summed E-state index contributed by atoms with van der Waals surface area (Å²) in [5.41, 5.74) is 27.2. The zero-order valence-corrected chi connectivity index (χ0v) is 54.3. The predicted molar refractivity (Wildman–Crippen MR) is 412 cm³/mol. The van der Waals surface area contributed by atoms with Gasteiger partial charge in [0, 0.05) is 72.3 Å². The maximum absolute atomic E-state index is 5.56. The normalized spacial score (nSPS) is 13.6. The zero-order chi connectivity index (χ0) is 65.3. The Hall–Kier alpha value is -12.8. The summed E-state index contributed by atoms with van der Waals surface area (Å²) in [6.45, 7) is 0. The van der Waals surface area contributed by atoms with Gasteiger partial charge in [-0.3, -0.25) is 0 Å². The Morgan fingerprint density at radius 3 is 1.05 bits per heavy atom. The number of rotatable bonds is 12. The van der Waals surface area contributed by atoms with Gasteiger partial charge >= 0.3 is 0 Å². The molecule has 6 nitrogen and oxygen atoms in total. The van der Waals surface area contributed by atoms with E-state index in [-0.39, 0.29) is 5.92 Å². The van der Waals surface area contributed by atoms with Gasteiger partial charge in [-0.15, -0.1) is 0 Å². The number of hydrogen-bond acceptors (Lipinski definition) is 3. The molecule has 1 atom stereocenters. The molecule has 19 rings (SSSR count). The third kappa shape index (κ3) is 10.3. The molecule has 0 bridgehead atoms. The molecule has 4 heterocycles. The Morgan fingerprint density at radius 1 is 0.293 bits per heavy atom. The van der Waals surface area contributed by atoms with E-state index in [9.17, 15) is 0 Å². The van der Waals surface area contributed by atoms with Crippen molar-refractivity contribution in [2.75, 3.05) is 0 Å². The van der Waals surface area contributed by atoms with E-state index in [1.54, 1.807) is 0 Å². The molecule has 99 heavy (non-hydrogen) atoms. The van der Waals surface area contributed by atoms with Crippen molar-refractivity contribution in [2.45, 2.75) is 25.2 Å². The van der Waals surface area contributed by atoms with Crippen LogP contribution >= 0.6 is 0 Å². The highest BCUT2D eigenvalue weighted by Gasteiger charge is 2.26. The molecule has 0 saturated carbocycles. The van der Waals surface area contributed by atoms with Crippen molar-refractivity contribution in [3.05, 3.63) is 362 Å². The quantitative estimate of drug-likeness (QED) is 0.122. The molecule has 0 saturated heterocycles. The number of nitrogens with zero attached hydrogens (tertiary/aromatic N) is 6. The first-order chi connectivity index (χ1) is 49.0. The van der Waals surface area contributed by atoms with Crippen LogP contribution in [0.3, 0.4) is 0 Å². The van der Waals surface area contributed by atoms with Crippen molar-refractivity contribution < 1.29 is 0 Å². The van der Waals surface area contributed by atoms with E-state index < -0.39 is 0 Å². The summed E-state index contributed by atoms with van der Waals surface area (Å²) in [6.07, 6.45) is 14.4. The van der Waals surface area contributed by atoms with Crippen LogP contribution in [0.1, 0.15) is 41.1 Å². The van der Waals surface area contributed by atoms with Crippen molar-refractivity contribution in [1.82, 2.24) is 28.7 Å². The number of allylic oxidation sites excluding steroid dienone is 5. The molecular weight excluding hydrogens is 1200 g/mol. The molecule has 0 aliphatic heterocycles. The molecular formula is C93H64N6. The van der Waals surface area contributed by atoms with Gasteiger partial charge in [0.25, 0.3) is 0 Å². The number of benzene rings is 13. The summed E-state index contributed by atoms with van der Waals surface area (Å²) in [4.78, 5) is 16.7. The lowest BCUT2D eigenvalue weighted by atomic mass is 9.86. The second-order valence-electron chi connectivity index (χ2n) is 26.2. The van der Waals surface area contributed by atoms with Crippen molar-refractivity contribution in [2.24, 2.45) is 0 Å². The van der Waals surface area contributed by atoms with Crippen LogP contribution in [0.4, 0.5) is 0 Å². The lowest BCUT2D eigenvalue weighted by Crippen LogP contribution is -2.07. The number of fused-ring (bicyclic) bond motifs is 9. The maximum atomic E-state index is 5.56. The highest BCUT2D eigenvalue weighted by atomic mass is 15.0. The fourth-order valence-electron chi connectivity index (χ4n) is 15.5. The third-order valence-corrected chi connectivity index (χ3v) is 20.3. The Morgan fingerprint density at radius 2 is 0.646 bits per heavy atom. The smallest absolute Gasteiger partial charge is 0.164 e. The molecule has 0 spiro atoms. The Bertz CT molecular complexity index is 6010. The lowest BCUT2D eigenvalue weighted by Gasteiger charge is -2.19. The minimum absolute atomic E-state index is 0.246. The monoisotopic (exact) mass is 1260 g/mol. The van der Waals surface area contributed by atoms with Crippen LogP contribution < -0.4 is 0 Å². The van der Waals surface area contributed by atoms with Gasteiger partial charge in [0.1, 0.15) is 0 Å². The Balaban J connectivity index is 0.789. The average molecular weight is 1270 g/mol. The molecule has 0 fully saturated rings. The minimum atomic E-state index is 0.246. The van der Waals surface area contributed by atoms with Crippen LogP contribution in [-0.4, -0.2) is 28.7 Å². The Kier molecular flexibility index (Phi) is 14.1. The van der Waals surface area contributed by atoms with Gasteiger partial charge in [0.2, 0.25) is 0 Å². The van der Waals surface area contributed by atoms with Gasteiger partial charge in [-0.25, -0.2) is 15.0 Å². The van der Waals surface area contributed by atoms with Crippen molar-refractivity contribution in [3.8, 4) is 95.7 Å². The summed E-state index contributed by atoms with van der Waals surface area (Å²) in [7, 11) is 0. The van der Waals surface area contributed by atoms with E-state index in [2.05, 4.69) is 360 Å². The molecule has 2 aliphatic rings. The fraction of sp³-hybridized carbons (Fsp3) is 0.0430. The van der Waals surface area contributed by atoms with Crippen molar-refractivity contribution in [1.29, 1.82) is 0 Å². The van der Waals surface area contributed by atoms with E-state index >= 15 is 0 Å². The van der Waals surface area contributed by atoms with E-state index in [0.29, 0.717) is 17.5 Å². The molecule has 13 aromatic carbocycles. The van der Waals surface area contributed by atoms with Crippen LogP contribution in [0.15, 0.2) is 340 Å². The first-order valence-electron chi connectivity index (χ1n) is 34.3. The molecule has 2 aliphatic carbocycles. The SMILES string of the molecule is C1=CCCC(c2ccc3c(c2)c2cc(-c4ccccc4)ccc2n3-c2cccc(-c3nc(-c4cccc(-n5c6c(c7cc(-c8ccccc8)ccc75)CC(c5ccccc5)C=C6)c4)nc(-c4cccc(-n5c6ccc(-c7ccccc7)cc6c6cc(-c7ccccc7)ccc65)c4)n3)c2)=C1. The fourth-order valence-corrected chi connectivity index (χ4v) is 15.5. The topological polar surface area (TPSA) is 53.5 Å². The summed E-state index contributed by atoms with van der Waals surface area (Å²) in [5.74, 6) is 1.97. The first kappa shape index (κ1) is 57.7.